The number of hydrogen-bond acceptors (Lipinski definition) is 4. The average Bonchev–Trinajstić information content (AvgIpc) is 2.53. The molecule has 0 amide bonds. The Morgan fingerprint density at radius 2 is 1.70 bits per heavy atom. The fraction of sp³-hybridized carbons (Fsp3) is 0.125. The Morgan fingerprint density at radius 1 is 0.900 bits per heavy atom. The number of para-hydroxylation sites is 2. The highest BCUT2D eigenvalue weighted by molar-refractivity contribution is 5.88. The zero-order valence-electron chi connectivity index (χ0n) is 11.0. The van der Waals surface area contributed by atoms with Crippen LogP contribution >= 0.6 is 0 Å². The van der Waals surface area contributed by atoms with Crippen molar-refractivity contribution in [3.63, 3.8) is 0 Å². The van der Waals surface area contributed by atoms with Gasteiger partial charge in [0.15, 0.2) is 0 Å². The number of nitrogens with zero attached hydrogens (tertiary/aromatic N) is 2. The Hall–Kier alpha value is -2.62. The average molecular weight is 265 g/mol. The summed E-state index contributed by atoms with van der Waals surface area (Å²) in [6.07, 6.45) is 1.57. The van der Waals surface area contributed by atoms with Crippen LogP contribution in [0.25, 0.3) is 10.9 Å². The summed E-state index contributed by atoms with van der Waals surface area (Å²) < 4.78 is 5.63. The van der Waals surface area contributed by atoms with Crippen LogP contribution in [0, 0.1) is 0 Å². The maximum absolute atomic E-state index is 5.63. The lowest BCUT2D eigenvalue weighted by atomic mass is 10.2. The maximum Gasteiger partial charge on any atom is 0.137 e. The van der Waals surface area contributed by atoms with Gasteiger partial charge in [0.2, 0.25) is 0 Å². The molecule has 2 aromatic carbocycles. The Kier molecular flexibility index (Phi) is 3.73. The van der Waals surface area contributed by atoms with Crippen LogP contribution in [0.2, 0.25) is 0 Å². The first kappa shape index (κ1) is 12.4. The second-order valence-electron chi connectivity index (χ2n) is 4.33. The molecule has 4 nitrogen and oxygen atoms in total. The molecule has 1 heterocycles. The van der Waals surface area contributed by atoms with Crippen LogP contribution in [0.4, 0.5) is 5.82 Å². The minimum atomic E-state index is 0.586. The van der Waals surface area contributed by atoms with Gasteiger partial charge < -0.3 is 10.1 Å². The van der Waals surface area contributed by atoms with Gasteiger partial charge in [0.05, 0.1) is 12.1 Å². The zero-order valence-corrected chi connectivity index (χ0v) is 11.0. The van der Waals surface area contributed by atoms with Gasteiger partial charge in [-0.3, -0.25) is 0 Å². The van der Waals surface area contributed by atoms with E-state index >= 15 is 0 Å². The third-order valence-electron chi connectivity index (χ3n) is 2.95. The molecule has 3 rings (SSSR count). The summed E-state index contributed by atoms with van der Waals surface area (Å²) in [5.41, 5.74) is 0.939. The topological polar surface area (TPSA) is 47.0 Å². The minimum Gasteiger partial charge on any atom is -0.492 e. The van der Waals surface area contributed by atoms with E-state index in [0.717, 1.165) is 22.5 Å². The molecule has 1 aromatic heterocycles. The first-order chi connectivity index (χ1) is 9.93. The number of fused-ring (bicyclic) bond motifs is 1. The van der Waals surface area contributed by atoms with Gasteiger partial charge in [-0.2, -0.15) is 0 Å². The molecular weight excluding hydrogens is 250 g/mol. The lowest BCUT2D eigenvalue weighted by Crippen LogP contribution is -2.12. The summed E-state index contributed by atoms with van der Waals surface area (Å²) in [4.78, 5) is 8.51. The van der Waals surface area contributed by atoms with Crippen molar-refractivity contribution in [2.75, 3.05) is 18.5 Å². The van der Waals surface area contributed by atoms with Crippen LogP contribution in [-0.4, -0.2) is 23.1 Å². The number of nitrogens with one attached hydrogen (secondary N) is 1. The summed E-state index contributed by atoms with van der Waals surface area (Å²) in [6, 6.07) is 17.7. The number of benzene rings is 2. The van der Waals surface area contributed by atoms with Crippen LogP contribution < -0.4 is 10.1 Å². The fourth-order valence-corrected chi connectivity index (χ4v) is 2.00. The molecular formula is C16H15N3O. The second-order valence-corrected chi connectivity index (χ2v) is 4.33. The van der Waals surface area contributed by atoms with Crippen molar-refractivity contribution >= 4 is 16.7 Å². The second kappa shape index (κ2) is 6.02. The van der Waals surface area contributed by atoms with E-state index in [4.69, 9.17) is 4.74 Å². The van der Waals surface area contributed by atoms with Gasteiger partial charge >= 0.3 is 0 Å². The molecule has 0 bridgehead atoms. The van der Waals surface area contributed by atoms with Crippen molar-refractivity contribution in [1.29, 1.82) is 0 Å². The van der Waals surface area contributed by atoms with E-state index < -0.39 is 0 Å². The third kappa shape index (κ3) is 2.85. The first-order valence-corrected chi connectivity index (χ1v) is 6.55. The molecule has 0 aliphatic carbocycles. The molecule has 0 saturated heterocycles. The fourth-order valence-electron chi connectivity index (χ4n) is 2.00. The normalized spacial score (nSPS) is 10.4. The molecule has 0 unspecified atom stereocenters. The van der Waals surface area contributed by atoms with Gasteiger partial charge in [-0.25, -0.2) is 9.97 Å². The van der Waals surface area contributed by atoms with E-state index in [0.29, 0.717) is 13.2 Å². The molecule has 20 heavy (non-hydrogen) atoms. The van der Waals surface area contributed by atoms with Crippen molar-refractivity contribution in [3.8, 4) is 5.75 Å². The molecule has 0 saturated carbocycles. The van der Waals surface area contributed by atoms with E-state index in [1.165, 1.54) is 0 Å². The van der Waals surface area contributed by atoms with Gasteiger partial charge in [0.25, 0.3) is 0 Å². The standard InChI is InChI=1S/C16H15N3O/c1-2-6-13(7-3-1)20-11-10-17-16-14-8-4-5-9-15(14)18-12-19-16/h1-9,12H,10-11H2,(H,17,18,19). The van der Waals surface area contributed by atoms with E-state index in [-0.39, 0.29) is 0 Å². The maximum atomic E-state index is 5.63. The van der Waals surface area contributed by atoms with Crippen molar-refractivity contribution < 1.29 is 4.74 Å². The quantitative estimate of drug-likeness (QED) is 0.720. The molecule has 3 aromatic rings. The van der Waals surface area contributed by atoms with Crippen molar-refractivity contribution in [1.82, 2.24) is 9.97 Å². The van der Waals surface area contributed by atoms with Crippen LogP contribution in [-0.2, 0) is 0 Å². The molecule has 1 N–H and O–H groups in total. The highest BCUT2D eigenvalue weighted by Crippen LogP contribution is 2.17. The molecule has 0 atom stereocenters. The van der Waals surface area contributed by atoms with Crippen molar-refractivity contribution in [3.05, 3.63) is 60.9 Å². The first-order valence-electron chi connectivity index (χ1n) is 6.55. The molecule has 4 heteroatoms. The van der Waals surface area contributed by atoms with E-state index in [1.807, 2.05) is 54.6 Å². The Bertz CT molecular complexity index is 680. The third-order valence-corrected chi connectivity index (χ3v) is 2.95. The number of rotatable bonds is 5. The number of hydrogen-bond donors (Lipinski definition) is 1. The summed E-state index contributed by atoms with van der Waals surface area (Å²) in [5, 5.41) is 4.30. The summed E-state index contributed by atoms with van der Waals surface area (Å²) in [7, 11) is 0. The van der Waals surface area contributed by atoms with Gasteiger partial charge in [-0.15, -0.1) is 0 Å². The smallest absolute Gasteiger partial charge is 0.137 e. The predicted molar refractivity (Wildman–Crippen MR) is 80.0 cm³/mol. The Balaban J connectivity index is 1.60. The molecule has 0 spiro atoms. The Morgan fingerprint density at radius 3 is 2.60 bits per heavy atom. The number of aromatic nitrogens is 2. The van der Waals surface area contributed by atoms with Crippen LogP contribution in [0.15, 0.2) is 60.9 Å². The Labute approximate surface area is 117 Å². The van der Waals surface area contributed by atoms with Gasteiger partial charge in [-0.1, -0.05) is 30.3 Å². The molecule has 0 fully saturated rings. The lowest BCUT2D eigenvalue weighted by molar-refractivity contribution is 0.333. The lowest BCUT2D eigenvalue weighted by Gasteiger charge is -2.09. The molecule has 100 valence electrons. The largest absolute Gasteiger partial charge is 0.492 e. The summed E-state index contributed by atoms with van der Waals surface area (Å²) >= 11 is 0. The number of ether oxygens (including phenoxy) is 1. The predicted octanol–water partition coefficient (Wildman–Crippen LogP) is 3.12. The van der Waals surface area contributed by atoms with Gasteiger partial charge in [-0.05, 0) is 24.3 Å². The van der Waals surface area contributed by atoms with Gasteiger partial charge in [0, 0.05) is 5.39 Å². The SMILES string of the molecule is c1ccc(OCCNc2ncnc3ccccc23)cc1. The van der Waals surface area contributed by atoms with E-state index in [9.17, 15) is 0 Å². The molecule has 0 aliphatic heterocycles. The van der Waals surface area contributed by atoms with Crippen molar-refractivity contribution in [2.45, 2.75) is 0 Å². The highest BCUT2D eigenvalue weighted by Gasteiger charge is 2.01. The highest BCUT2D eigenvalue weighted by atomic mass is 16.5. The zero-order chi connectivity index (χ0) is 13.6. The van der Waals surface area contributed by atoms with E-state index in [2.05, 4.69) is 15.3 Å². The summed E-state index contributed by atoms with van der Waals surface area (Å²) in [5.74, 6) is 1.72. The van der Waals surface area contributed by atoms with Crippen LogP contribution in [0.3, 0.4) is 0 Å². The number of anilines is 1. The van der Waals surface area contributed by atoms with Gasteiger partial charge in [0.1, 0.15) is 24.5 Å². The molecule has 0 radical (unpaired) electrons. The minimum absolute atomic E-state index is 0.586. The summed E-state index contributed by atoms with van der Waals surface area (Å²) in [6.45, 7) is 1.28. The van der Waals surface area contributed by atoms with Crippen LogP contribution in [0.1, 0.15) is 0 Å². The molecule has 0 aliphatic rings. The van der Waals surface area contributed by atoms with E-state index in [1.54, 1.807) is 6.33 Å². The monoisotopic (exact) mass is 265 g/mol. The van der Waals surface area contributed by atoms with Crippen molar-refractivity contribution in [2.24, 2.45) is 0 Å². The van der Waals surface area contributed by atoms with Crippen LogP contribution in [0.5, 0.6) is 5.75 Å².